The van der Waals surface area contributed by atoms with Gasteiger partial charge in [0.15, 0.2) is 12.4 Å². The van der Waals surface area contributed by atoms with Crippen molar-refractivity contribution in [2.45, 2.75) is 13.8 Å². The molecule has 1 aromatic carbocycles. The fourth-order valence-electron chi connectivity index (χ4n) is 2.24. The van der Waals surface area contributed by atoms with Gasteiger partial charge in [-0.2, -0.15) is 0 Å². The Kier molecular flexibility index (Phi) is 4.26. The summed E-state index contributed by atoms with van der Waals surface area (Å²) in [5.74, 6) is -0.434. The Morgan fingerprint density at radius 1 is 1.38 bits per heavy atom. The molecule has 1 aliphatic heterocycles. The summed E-state index contributed by atoms with van der Waals surface area (Å²) in [5, 5.41) is 11.3. The number of anilines is 2. The molecular formula is C15H14N4O4S. The maximum Gasteiger partial charge on any atom is 0.265 e. The number of hydrogen-bond donors (Lipinski definition) is 1. The highest BCUT2D eigenvalue weighted by Gasteiger charge is 2.28. The summed E-state index contributed by atoms with van der Waals surface area (Å²) in [6.45, 7) is 2.85. The fourth-order valence-corrected chi connectivity index (χ4v) is 2.85. The van der Waals surface area contributed by atoms with Crippen molar-refractivity contribution in [2.75, 3.05) is 23.4 Å². The first-order chi connectivity index (χ1) is 11.4. The minimum atomic E-state index is -0.402. The van der Waals surface area contributed by atoms with Crippen LogP contribution in [0.1, 0.15) is 22.3 Å². The number of ether oxygens (including phenoxy) is 1. The number of fused-ring (bicyclic) bond motifs is 1. The summed E-state index contributed by atoms with van der Waals surface area (Å²) in [4.78, 5) is 37.2. The Bertz CT molecular complexity index is 833. The van der Waals surface area contributed by atoms with Crippen LogP contribution in [0.3, 0.4) is 0 Å². The lowest BCUT2D eigenvalue weighted by Crippen LogP contribution is -2.43. The molecule has 8 nitrogen and oxygen atoms in total. The van der Waals surface area contributed by atoms with Gasteiger partial charge in [-0.3, -0.25) is 24.6 Å². The van der Waals surface area contributed by atoms with E-state index in [1.807, 2.05) is 0 Å². The number of aryl methyl sites for hydroxylation is 1. The van der Waals surface area contributed by atoms with Crippen LogP contribution in [-0.2, 0) is 9.59 Å². The SMILES string of the molecule is CC(=O)c1ccc2c(c1)N(CC(=O)Nc1nnc(C)s1)C(=O)CO2. The van der Waals surface area contributed by atoms with E-state index in [1.54, 1.807) is 25.1 Å². The van der Waals surface area contributed by atoms with E-state index in [-0.39, 0.29) is 24.8 Å². The van der Waals surface area contributed by atoms with E-state index in [2.05, 4.69) is 15.5 Å². The van der Waals surface area contributed by atoms with E-state index < -0.39 is 5.91 Å². The molecule has 0 aliphatic carbocycles. The Labute approximate surface area is 141 Å². The third-order valence-corrected chi connectivity index (χ3v) is 4.14. The molecule has 0 saturated carbocycles. The summed E-state index contributed by atoms with van der Waals surface area (Å²) in [5.41, 5.74) is 0.847. The van der Waals surface area contributed by atoms with Gasteiger partial charge in [0.2, 0.25) is 11.0 Å². The van der Waals surface area contributed by atoms with Crippen molar-refractivity contribution < 1.29 is 19.1 Å². The van der Waals surface area contributed by atoms with Crippen molar-refractivity contribution >= 4 is 39.8 Å². The van der Waals surface area contributed by atoms with Crippen LogP contribution in [-0.4, -0.2) is 40.9 Å². The predicted octanol–water partition coefficient (Wildman–Crippen LogP) is 1.41. The first-order valence-corrected chi connectivity index (χ1v) is 7.94. The number of amides is 2. The molecule has 1 N–H and O–H groups in total. The van der Waals surface area contributed by atoms with Gasteiger partial charge in [-0.1, -0.05) is 11.3 Å². The molecule has 2 aromatic rings. The third-order valence-electron chi connectivity index (χ3n) is 3.38. The van der Waals surface area contributed by atoms with Gasteiger partial charge in [0.05, 0.1) is 5.69 Å². The van der Waals surface area contributed by atoms with E-state index in [9.17, 15) is 14.4 Å². The van der Waals surface area contributed by atoms with E-state index in [0.717, 1.165) is 5.01 Å². The number of hydrogen-bond acceptors (Lipinski definition) is 7. The number of aromatic nitrogens is 2. The molecule has 0 bridgehead atoms. The van der Waals surface area contributed by atoms with Gasteiger partial charge in [-0.15, -0.1) is 10.2 Å². The van der Waals surface area contributed by atoms with Crippen molar-refractivity contribution in [3.8, 4) is 5.75 Å². The van der Waals surface area contributed by atoms with Gasteiger partial charge >= 0.3 is 0 Å². The van der Waals surface area contributed by atoms with E-state index in [1.165, 1.54) is 23.2 Å². The lowest BCUT2D eigenvalue weighted by atomic mass is 10.1. The van der Waals surface area contributed by atoms with Crippen LogP contribution in [0.25, 0.3) is 0 Å². The second kappa shape index (κ2) is 6.36. The highest BCUT2D eigenvalue weighted by molar-refractivity contribution is 7.15. The Morgan fingerprint density at radius 2 is 2.17 bits per heavy atom. The average molecular weight is 346 g/mol. The molecule has 0 saturated heterocycles. The molecule has 1 aliphatic rings. The molecule has 24 heavy (non-hydrogen) atoms. The fraction of sp³-hybridized carbons (Fsp3) is 0.267. The molecule has 9 heteroatoms. The Hall–Kier alpha value is -2.81. The second-order valence-electron chi connectivity index (χ2n) is 5.18. The molecule has 0 spiro atoms. The highest BCUT2D eigenvalue weighted by atomic mass is 32.1. The van der Waals surface area contributed by atoms with Gasteiger partial charge < -0.3 is 4.74 Å². The van der Waals surface area contributed by atoms with Gasteiger partial charge in [-0.05, 0) is 32.0 Å². The largest absolute Gasteiger partial charge is 0.482 e. The van der Waals surface area contributed by atoms with E-state index in [0.29, 0.717) is 22.1 Å². The quantitative estimate of drug-likeness (QED) is 0.840. The molecule has 0 fully saturated rings. The minimum absolute atomic E-state index is 0.135. The Balaban J connectivity index is 1.82. The van der Waals surface area contributed by atoms with Crippen LogP contribution in [0, 0.1) is 6.92 Å². The van der Waals surface area contributed by atoms with Crippen LogP contribution < -0.4 is 15.0 Å². The molecule has 1 aromatic heterocycles. The maximum atomic E-state index is 12.2. The van der Waals surface area contributed by atoms with Crippen LogP contribution in [0.2, 0.25) is 0 Å². The number of nitrogens with one attached hydrogen (secondary N) is 1. The smallest absolute Gasteiger partial charge is 0.265 e. The second-order valence-corrected chi connectivity index (χ2v) is 6.36. The lowest BCUT2D eigenvalue weighted by Gasteiger charge is -2.29. The van der Waals surface area contributed by atoms with E-state index in [4.69, 9.17) is 4.74 Å². The molecule has 0 unspecified atom stereocenters. The lowest BCUT2D eigenvalue weighted by molar-refractivity contribution is -0.123. The van der Waals surface area contributed by atoms with Crippen molar-refractivity contribution in [1.82, 2.24) is 10.2 Å². The monoisotopic (exact) mass is 346 g/mol. The molecular weight excluding hydrogens is 332 g/mol. The number of ketones is 1. The number of carbonyl (C=O) groups excluding carboxylic acids is 3. The molecule has 0 radical (unpaired) electrons. The van der Waals surface area contributed by atoms with Crippen LogP contribution in [0.4, 0.5) is 10.8 Å². The van der Waals surface area contributed by atoms with Crippen molar-refractivity contribution in [3.05, 3.63) is 28.8 Å². The minimum Gasteiger partial charge on any atom is -0.482 e. The first-order valence-electron chi connectivity index (χ1n) is 7.12. The van der Waals surface area contributed by atoms with Gasteiger partial charge in [-0.25, -0.2) is 0 Å². The van der Waals surface area contributed by atoms with Gasteiger partial charge in [0.1, 0.15) is 17.3 Å². The number of rotatable bonds is 4. The van der Waals surface area contributed by atoms with Crippen LogP contribution in [0.15, 0.2) is 18.2 Å². The number of benzene rings is 1. The molecule has 3 rings (SSSR count). The zero-order valence-electron chi connectivity index (χ0n) is 13.0. The maximum absolute atomic E-state index is 12.2. The summed E-state index contributed by atoms with van der Waals surface area (Å²) in [6, 6.07) is 4.80. The van der Waals surface area contributed by atoms with Crippen molar-refractivity contribution in [2.24, 2.45) is 0 Å². The predicted molar refractivity (Wildman–Crippen MR) is 87.6 cm³/mol. The zero-order valence-corrected chi connectivity index (χ0v) is 13.8. The topological polar surface area (TPSA) is 101 Å². The average Bonchev–Trinajstić information content (AvgIpc) is 2.94. The molecule has 0 atom stereocenters. The first kappa shape index (κ1) is 16.1. The normalized spacial score (nSPS) is 13.2. The van der Waals surface area contributed by atoms with Gasteiger partial charge in [0.25, 0.3) is 5.91 Å². The Morgan fingerprint density at radius 3 is 2.83 bits per heavy atom. The summed E-state index contributed by atoms with van der Waals surface area (Å²) in [6.07, 6.45) is 0. The highest BCUT2D eigenvalue weighted by Crippen LogP contribution is 2.33. The zero-order chi connectivity index (χ0) is 17.3. The standard InChI is InChI=1S/C15H14N4O4S/c1-8(20)10-3-4-12-11(5-10)19(14(22)7-23-12)6-13(21)16-15-18-17-9(2)24-15/h3-5H,6-7H2,1-2H3,(H,16,18,21). The molecule has 2 amide bonds. The van der Waals surface area contributed by atoms with E-state index >= 15 is 0 Å². The summed E-state index contributed by atoms with van der Waals surface area (Å²) >= 11 is 1.24. The van der Waals surface area contributed by atoms with Crippen molar-refractivity contribution in [3.63, 3.8) is 0 Å². The third kappa shape index (κ3) is 3.25. The van der Waals surface area contributed by atoms with Crippen molar-refractivity contribution in [1.29, 1.82) is 0 Å². The number of Topliss-reactive ketones (excluding diaryl/α,β-unsaturated/α-hetero) is 1. The summed E-state index contributed by atoms with van der Waals surface area (Å²) < 4.78 is 5.35. The van der Waals surface area contributed by atoms with Gasteiger partial charge in [0, 0.05) is 5.56 Å². The number of nitrogens with zero attached hydrogens (tertiary/aromatic N) is 3. The van der Waals surface area contributed by atoms with Crippen LogP contribution in [0.5, 0.6) is 5.75 Å². The van der Waals surface area contributed by atoms with Crippen LogP contribution >= 0.6 is 11.3 Å². The summed E-state index contributed by atoms with van der Waals surface area (Å²) in [7, 11) is 0. The molecule has 124 valence electrons. The number of carbonyl (C=O) groups is 3. The molecule has 2 heterocycles.